The van der Waals surface area contributed by atoms with E-state index < -0.39 is 17.8 Å². The molecular weight excluding hydrogens is 542 g/mol. The zero-order valence-electron chi connectivity index (χ0n) is 28.9. The second-order valence-electron chi connectivity index (χ2n) is 13.2. The molecule has 0 saturated heterocycles. The van der Waals surface area contributed by atoms with Gasteiger partial charge in [0.1, 0.15) is 12.2 Å². The van der Waals surface area contributed by atoms with E-state index in [4.69, 9.17) is 14.2 Å². The molecule has 254 valence electrons. The zero-order valence-corrected chi connectivity index (χ0v) is 28.9. The smallest absolute Gasteiger partial charge is 0.407 e. The van der Waals surface area contributed by atoms with Crippen LogP contribution < -0.4 is 5.32 Å². The standard InChI is InChI=1S/C36H69NO6/c1-6-8-10-12-14-16-18-20-22-24-26-28-33(38)41-31-32(30-37-35(40)43-36(3,4)5)42-34(39)29-27-25-23-21-19-17-15-13-11-9-7-2/h32H,6-31H2,1-5H3,(H,37,40). The van der Waals surface area contributed by atoms with Gasteiger partial charge in [0.15, 0.2) is 6.10 Å². The molecule has 0 fully saturated rings. The predicted octanol–water partition coefficient (Wildman–Crippen LogP) is 10.4. The van der Waals surface area contributed by atoms with Gasteiger partial charge in [-0.05, 0) is 33.6 Å². The van der Waals surface area contributed by atoms with Gasteiger partial charge in [0, 0.05) is 12.8 Å². The molecule has 43 heavy (non-hydrogen) atoms. The Hall–Kier alpha value is -1.79. The Morgan fingerprint density at radius 1 is 0.558 bits per heavy atom. The van der Waals surface area contributed by atoms with Crippen molar-refractivity contribution in [2.45, 2.75) is 200 Å². The van der Waals surface area contributed by atoms with Gasteiger partial charge < -0.3 is 19.5 Å². The van der Waals surface area contributed by atoms with Crippen molar-refractivity contribution < 1.29 is 28.6 Å². The van der Waals surface area contributed by atoms with E-state index in [1.54, 1.807) is 20.8 Å². The molecule has 0 aliphatic rings. The summed E-state index contributed by atoms with van der Waals surface area (Å²) in [4.78, 5) is 37.0. The Morgan fingerprint density at radius 2 is 0.930 bits per heavy atom. The predicted molar refractivity (Wildman–Crippen MR) is 177 cm³/mol. The van der Waals surface area contributed by atoms with Crippen LogP contribution in [0.25, 0.3) is 0 Å². The lowest BCUT2D eigenvalue weighted by Crippen LogP contribution is -2.40. The van der Waals surface area contributed by atoms with E-state index >= 15 is 0 Å². The quantitative estimate of drug-likeness (QED) is 0.0514. The van der Waals surface area contributed by atoms with Crippen molar-refractivity contribution in [2.24, 2.45) is 0 Å². The van der Waals surface area contributed by atoms with Crippen molar-refractivity contribution in [1.29, 1.82) is 0 Å². The minimum atomic E-state index is -0.742. The van der Waals surface area contributed by atoms with Crippen LogP contribution in [0.4, 0.5) is 4.79 Å². The number of unbranched alkanes of at least 4 members (excludes halogenated alkanes) is 20. The summed E-state index contributed by atoms with van der Waals surface area (Å²) >= 11 is 0. The lowest BCUT2D eigenvalue weighted by molar-refractivity contribution is -0.159. The van der Waals surface area contributed by atoms with E-state index in [0.29, 0.717) is 12.8 Å². The molecular formula is C36H69NO6. The third kappa shape index (κ3) is 31.4. The van der Waals surface area contributed by atoms with Gasteiger partial charge in [-0.25, -0.2) is 4.79 Å². The van der Waals surface area contributed by atoms with Gasteiger partial charge >= 0.3 is 18.0 Å². The van der Waals surface area contributed by atoms with Gasteiger partial charge in [0.2, 0.25) is 0 Å². The maximum atomic E-state index is 12.5. The number of hydrogen-bond acceptors (Lipinski definition) is 6. The number of nitrogens with one attached hydrogen (secondary N) is 1. The van der Waals surface area contributed by atoms with E-state index in [0.717, 1.165) is 38.5 Å². The molecule has 0 aromatic rings. The molecule has 0 rings (SSSR count). The van der Waals surface area contributed by atoms with Crippen LogP contribution >= 0.6 is 0 Å². The minimum Gasteiger partial charge on any atom is -0.462 e. The van der Waals surface area contributed by atoms with Crippen LogP contribution in [0, 0.1) is 0 Å². The average molecular weight is 612 g/mol. The molecule has 0 aliphatic heterocycles. The van der Waals surface area contributed by atoms with Gasteiger partial charge in [-0.2, -0.15) is 0 Å². The van der Waals surface area contributed by atoms with E-state index in [9.17, 15) is 14.4 Å². The van der Waals surface area contributed by atoms with Gasteiger partial charge in [-0.15, -0.1) is 0 Å². The number of ether oxygens (including phenoxy) is 3. The van der Waals surface area contributed by atoms with Crippen molar-refractivity contribution in [3.63, 3.8) is 0 Å². The Bertz CT molecular complexity index is 675. The summed E-state index contributed by atoms with van der Waals surface area (Å²) in [7, 11) is 0. The van der Waals surface area contributed by atoms with Crippen molar-refractivity contribution in [1.82, 2.24) is 5.32 Å². The topological polar surface area (TPSA) is 90.9 Å². The molecule has 0 aromatic heterocycles. The Balaban J connectivity index is 4.23. The van der Waals surface area contributed by atoms with E-state index in [1.807, 2.05) is 0 Å². The van der Waals surface area contributed by atoms with E-state index in [-0.39, 0.29) is 25.1 Å². The Labute approximate surface area is 265 Å². The fourth-order valence-electron chi connectivity index (χ4n) is 5.02. The first-order chi connectivity index (χ1) is 20.7. The van der Waals surface area contributed by atoms with Gasteiger partial charge in [0.05, 0.1) is 6.54 Å². The van der Waals surface area contributed by atoms with Crippen LogP contribution in [-0.4, -0.2) is 42.9 Å². The molecule has 0 saturated carbocycles. The number of carbonyl (C=O) groups excluding carboxylic acids is 3. The normalized spacial score (nSPS) is 12.1. The average Bonchev–Trinajstić information content (AvgIpc) is 2.95. The SMILES string of the molecule is CCCCCCCCCCCCCC(=O)OCC(CNC(=O)OC(C)(C)C)OC(=O)CCCCCCCCCCCCC. The lowest BCUT2D eigenvalue weighted by atomic mass is 10.1. The highest BCUT2D eigenvalue weighted by Crippen LogP contribution is 2.14. The number of rotatable bonds is 29. The minimum absolute atomic E-state index is 0.0324. The van der Waals surface area contributed by atoms with Crippen molar-refractivity contribution in [2.75, 3.05) is 13.2 Å². The second kappa shape index (κ2) is 29.0. The summed E-state index contributed by atoms with van der Waals surface area (Å²) in [5.41, 5.74) is -0.633. The zero-order chi connectivity index (χ0) is 32.0. The Kier molecular flexibility index (Phi) is 27.7. The third-order valence-electron chi connectivity index (χ3n) is 7.57. The molecule has 0 aromatic carbocycles. The van der Waals surface area contributed by atoms with E-state index in [1.165, 1.54) is 103 Å². The largest absolute Gasteiger partial charge is 0.462 e. The van der Waals surface area contributed by atoms with Crippen molar-refractivity contribution >= 4 is 18.0 Å². The van der Waals surface area contributed by atoms with Gasteiger partial charge in [-0.3, -0.25) is 9.59 Å². The van der Waals surface area contributed by atoms with Gasteiger partial charge in [0.25, 0.3) is 0 Å². The maximum Gasteiger partial charge on any atom is 0.407 e. The highest BCUT2D eigenvalue weighted by atomic mass is 16.6. The summed E-state index contributed by atoms with van der Waals surface area (Å²) in [5.74, 6) is -0.618. The molecule has 1 unspecified atom stereocenters. The summed E-state index contributed by atoms with van der Waals surface area (Å²) < 4.78 is 16.3. The molecule has 0 aliphatic carbocycles. The molecule has 0 radical (unpaired) electrons. The van der Waals surface area contributed by atoms with Crippen LogP contribution in [0.15, 0.2) is 0 Å². The van der Waals surface area contributed by atoms with Crippen LogP contribution in [0.5, 0.6) is 0 Å². The van der Waals surface area contributed by atoms with Crippen LogP contribution in [0.3, 0.4) is 0 Å². The highest BCUT2D eigenvalue weighted by Gasteiger charge is 2.21. The first-order valence-electron chi connectivity index (χ1n) is 18.0. The number of esters is 2. The summed E-state index contributed by atoms with van der Waals surface area (Å²) in [6.45, 7) is 9.80. The number of amides is 1. The lowest BCUT2D eigenvalue weighted by Gasteiger charge is -2.22. The summed E-state index contributed by atoms with van der Waals surface area (Å²) in [6.07, 6.45) is 26.1. The molecule has 7 heteroatoms. The van der Waals surface area contributed by atoms with Crippen LogP contribution in [-0.2, 0) is 23.8 Å². The first-order valence-corrected chi connectivity index (χ1v) is 18.0. The monoisotopic (exact) mass is 612 g/mol. The van der Waals surface area contributed by atoms with Crippen molar-refractivity contribution in [3.8, 4) is 0 Å². The Morgan fingerprint density at radius 3 is 1.33 bits per heavy atom. The molecule has 1 amide bonds. The first kappa shape index (κ1) is 41.2. The van der Waals surface area contributed by atoms with Crippen LogP contribution in [0.1, 0.15) is 189 Å². The molecule has 0 heterocycles. The van der Waals surface area contributed by atoms with E-state index in [2.05, 4.69) is 19.2 Å². The number of hydrogen-bond donors (Lipinski definition) is 1. The fraction of sp³-hybridized carbons (Fsp3) is 0.917. The summed E-state index contributed by atoms with van der Waals surface area (Å²) in [6, 6.07) is 0. The molecule has 1 N–H and O–H groups in total. The number of alkyl carbamates (subject to hydrolysis) is 1. The van der Waals surface area contributed by atoms with Gasteiger partial charge in [-0.1, -0.05) is 142 Å². The van der Waals surface area contributed by atoms with Crippen molar-refractivity contribution in [3.05, 3.63) is 0 Å². The summed E-state index contributed by atoms with van der Waals surface area (Å²) in [5, 5.41) is 2.64. The molecule has 7 nitrogen and oxygen atoms in total. The highest BCUT2D eigenvalue weighted by molar-refractivity contribution is 5.71. The number of carbonyl (C=O) groups is 3. The second-order valence-corrected chi connectivity index (χ2v) is 13.2. The third-order valence-corrected chi connectivity index (χ3v) is 7.57. The fourth-order valence-corrected chi connectivity index (χ4v) is 5.02. The molecule has 1 atom stereocenters. The molecule has 0 spiro atoms. The molecule has 0 bridgehead atoms. The maximum absolute atomic E-state index is 12.5. The van der Waals surface area contributed by atoms with Crippen LogP contribution in [0.2, 0.25) is 0 Å².